The van der Waals surface area contributed by atoms with Crippen molar-refractivity contribution in [3.8, 4) is 0 Å². The van der Waals surface area contributed by atoms with E-state index in [1.54, 1.807) is 0 Å². The number of hydrogen-bond donors (Lipinski definition) is 2. The summed E-state index contributed by atoms with van der Waals surface area (Å²) >= 11 is 0. The van der Waals surface area contributed by atoms with Gasteiger partial charge in [-0.2, -0.15) is 0 Å². The van der Waals surface area contributed by atoms with Crippen LogP contribution in [0.3, 0.4) is 0 Å². The number of hydrogen-bond acceptors (Lipinski definition) is 3. The van der Waals surface area contributed by atoms with Crippen molar-refractivity contribution in [2.45, 2.75) is 19.9 Å². The molecule has 0 atom stereocenters. The van der Waals surface area contributed by atoms with E-state index in [4.69, 9.17) is 5.73 Å². The van der Waals surface area contributed by atoms with Crippen molar-refractivity contribution in [2.75, 3.05) is 0 Å². The Labute approximate surface area is 87.7 Å². The third-order valence-electron chi connectivity index (χ3n) is 1.75. The van der Waals surface area contributed by atoms with Crippen LogP contribution in [0.15, 0.2) is 18.5 Å². The third-order valence-corrected chi connectivity index (χ3v) is 1.75. The minimum atomic E-state index is -0.656. The van der Waals surface area contributed by atoms with Gasteiger partial charge in [0.15, 0.2) is 0 Å². The predicted octanol–water partition coefficient (Wildman–Crippen LogP) is 0.319. The summed E-state index contributed by atoms with van der Waals surface area (Å²) in [4.78, 5) is 26.4. The van der Waals surface area contributed by atoms with Crippen molar-refractivity contribution in [1.82, 2.24) is 10.3 Å². The second-order valence-corrected chi connectivity index (χ2v) is 3.41. The highest BCUT2D eigenvalue weighted by Gasteiger charge is 2.15. The zero-order chi connectivity index (χ0) is 11.4. The molecule has 1 aromatic heterocycles. The van der Waals surface area contributed by atoms with Crippen molar-refractivity contribution >= 4 is 11.8 Å². The van der Waals surface area contributed by atoms with E-state index < -0.39 is 5.91 Å². The largest absolute Gasteiger partial charge is 0.366 e. The minimum Gasteiger partial charge on any atom is -0.366 e. The number of carbonyl (C=O) groups is 2. The summed E-state index contributed by atoms with van der Waals surface area (Å²) in [7, 11) is 0. The zero-order valence-electron chi connectivity index (χ0n) is 8.65. The molecule has 0 aliphatic carbocycles. The van der Waals surface area contributed by atoms with Gasteiger partial charge in [0.2, 0.25) is 0 Å². The van der Waals surface area contributed by atoms with Gasteiger partial charge in [-0.05, 0) is 19.9 Å². The molecule has 80 valence electrons. The van der Waals surface area contributed by atoms with Crippen LogP contribution in [-0.4, -0.2) is 22.8 Å². The average Bonchev–Trinajstić information content (AvgIpc) is 2.16. The molecule has 1 heterocycles. The highest BCUT2D eigenvalue weighted by molar-refractivity contribution is 6.06. The summed E-state index contributed by atoms with van der Waals surface area (Å²) in [6, 6.07) is 1.48. The molecule has 0 saturated heterocycles. The second-order valence-electron chi connectivity index (χ2n) is 3.41. The summed E-state index contributed by atoms with van der Waals surface area (Å²) in [5.74, 6) is -0.974. The van der Waals surface area contributed by atoms with Gasteiger partial charge in [-0.25, -0.2) is 0 Å². The van der Waals surface area contributed by atoms with Crippen molar-refractivity contribution in [1.29, 1.82) is 0 Å². The molecule has 0 fully saturated rings. The molecule has 5 heteroatoms. The van der Waals surface area contributed by atoms with E-state index in [1.165, 1.54) is 18.5 Å². The number of rotatable bonds is 3. The third kappa shape index (κ3) is 2.77. The van der Waals surface area contributed by atoms with Gasteiger partial charge in [0.25, 0.3) is 11.8 Å². The van der Waals surface area contributed by atoms with Gasteiger partial charge in [0.05, 0.1) is 11.1 Å². The Balaban J connectivity index is 3.03. The summed E-state index contributed by atoms with van der Waals surface area (Å²) in [6.07, 6.45) is 2.74. The molecular weight excluding hydrogens is 194 g/mol. The Bertz CT molecular complexity index is 388. The smallest absolute Gasteiger partial charge is 0.252 e. The van der Waals surface area contributed by atoms with Crippen LogP contribution in [0, 0.1) is 0 Å². The fourth-order valence-corrected chi connectivity index (χ4v) is 1.13. The molecule has 0 unspecified atom stereocenters. The van der Waals surface area contributed by atoms with Gasteiger partial charge in [-0.15, -0.1) is 0 Å². The lowest BCUT2D eigenvalue weighted by Crippen LogP contribution is -2.32. The molecule has 0 spiro atoms. The Morgan fingerprint density at radius 2 is 2.07 bits per heavy atom. The van der Waals surface area contributed by atoms with Gasteiger partial charge < -0.3 is 11.1 Å². The number of primary amides is 1. The number of carbonyl (C=O) groups excluding carboxylic acids is 2. The van der Waals surface area contributed by atoms with Crippen LogP contribution in [0.5, 0.6) is 0 Å². The van der Waals surface area contributed by atoms with Crippen molar-refractivity contribution in [2.24, 2.45) is 5.73 Å². The molecule has 0 saturated carbocycles. The number of amides is 2. The molecule has 0 radical (unpaired) electrons. The van der Waals surface area contributed by atoms with Gasteiger partial charge in [-0.1, -0.05) is 0 Å². The molecule has 15 heavy (non-hydrogen) atoms. The normalized spacial score (nSPS) is 10.1. The maximum absolute atomic E-state index is 11.6. The van der Waals surface area contributed by atoms with Crippen LogP contribution in [-0.2, 0) is 0 Å². The Hall–Kier alpha value is -1.91. The number of nitrogens with one attached hydrogen (secondary N) is 1. The van der Waals surface area contributed by atoms with Crippen LogP contribution in [0.2, 0.25) is 0 Å². The van der Waals surface area contributed by atoms with Crippen molar-refractivity contribution in [3.05, 3.63) is 29.6 Å². The van der Waals surface area contributed by atoms with E-state index in [-0.39, 0.29) is 23.1 Å². The van der Waals surface area contributed by atoms with E-state index in [0.29, 0.717) is 0 Å². The minimum absolute atomic E-state index is 0.00592. The molecule has 0 aliphatic rings. The first-order valence-corrected chi connectivity index (χ1v) is 4.57. The predicted molar refractivity (Wildman–Crippen MR) is 55.4 cm³/mol. The van der Waals surface area contributed by atoms with Crippen molar-refractivity contribution < 1.29 is 9.59 Å². The molecule has 3 N–H and O–H groups in total. The van der Waals surface area contributed by atoms with E-state index in [1.807, 2.05) is 13.8 Å². The number of pyridine rings is 1. The maximum Gasteiger partial charge on any atom is 0.252 e. The highest BCUT2D eigenvalue weighted by atomic mass is 16.2. The first-order valence-electron chi connectivity index (χ1n) is 4.57. The van der Waals surface area contributed by atoms with Gasteiger partial charge in [-0.3, -0.25) is 14.6 Å². The summed E-state index contributed by atoms with van der Waals surface area (Å²) in [6.45, 7) is 3.67. The lowest BCUT2D eigenvalue weighted by molar-refractivity contribution is 0.0927. The monoisotopic (exact) mass is 207 g/mol. The SMILES string of the molecule is CC(C)NC(=O)c1ccncc1C(N)=O. The summed E-state index contributed by atoms with van der Waals surface area (Å²) in [5, 5.41) is 2.68. The van der Waals surface area contributed by atoms with E-state index in [0.717, 1.165) is 0 Å². The van der Waals surface area contributed by atoms with Gasteiger partial charge >= 0.3 is 0 Å². The van der Waals surface area contributed by atoms with E-state index >= 15 is 0 Å². The number of nitrogens with two attached hydrogens (primary N) is 1. The lowest BCUT2D eigenvalue weighted by atomic mass is 10.1. The molecule has 5 nitrogen and oxygen atoms in total. The molecule has 0 aromatic carbocycles. The van der Waals surface area contributed by atoms with Crippen molar-refractivity contribution in [3.63, 3.8) is 0 Å². The van der Waals surface area contributed by atoms with Gasteiger partial charge in [0, 0.05) is 18.4 Å². The van der Waals surface area contributed by atoms with Crippen LogP contribution in [0.4, 0.5) is 0 Å². The van der Waals surface area contributed by atoms with Crippen LogP contribution < -0.4 is 11.1 Å². The summed E-state index contributed by atoms with van der Waals surface area (Å²) < 4.78 is 0. The first kappa shape index (κ1) is 11.2. The molecule has 0 bridgehead atoms. The Morgan fingerprint density at radius 1 is 1.40 bits per heavy atom. The van der Waals surface area contributed by atoms with Crippen LogP contribution >= 0.6 is 0 Å². The maximum atomic E-state index is 11.6. The van der Waals surface area contributed by atoms with E-state index in [9.17, 15) is 9.59 Å². The fraction of sp³-hybridized carbons (Fsp3) is 0.300. The van der Waals surface area contributed by atoms with Crippen LogP contribution in [0.25, 0.3) is 0 Å². The zero-order valence-corrected chi connectivity index (χ0v) is 8.65. The average molecular weight is 207 g/mol. The van der Waals surface area contributed by atoms with Gasteiger partial charge in [0.1, 0.15) is 0 Å². The quantitative estimate of drug-likeness (QED) is 0.748. The molecule has 2 amide bonds. The summed E-state index contributed by atoms with van der Waals surface area (Å²) in [5.41, 5.74) is 5.51. The van der Waals surface area contributed by atoms with Crippen LogP contribution in [0.1, 0.15) is 34.6 Å². The standard InChI is InChI=1S/C10H13N3O2/c1-6(2)13-10(15)7-3-4-12-5-8(7)9(11)14/h3-6H,1-2H3,(H2,11,14)(H,13,15). The second kappa shape index (κ2) is 4.54. The molecular formula is C10H13N3O2. The fourth-order valence-electron chi connectivity index (χ4n) is 1.13. The molecule has 1 rings (SSSR count). The highest BCUT2D eigenvalue weighted by Crippen LogP contribution is 2.06. The molecule has 0 aliphatic heterocycles. The van der Waals surface area contributed by atoms with E-state index in [2.05, 4.69) is 10.3 Å². The number of nitrogens with zero attached hydrogens (tertiary/aromatic N) is 1. The Kier molecular flexibility index (Phi) is 3.38. The molecule has 1 aromatic rings. The lowest BCUT2D eigenvalue weighted by Gasteiger charge is -2.09. The Morgan fingerprint density at radius 3 is 2.60 bits per heavy atom. The number of aromatic nitrogens is 1. The first-order chi connectivity index (χ1) is 7.02. The topological polar surface area (TPSA) is 85.1 Å².